The third-order valence-corrected chi connectivity index (χ3v) is 3.05. The van der Waals surface area contributed by atoms with Crippen LogP contribution in [0.4, 0.5) is 4.79 Å². The van der Waals surface area contributed by atoms with E-state index >= 15 is 0 Å². The summed E-state index contributed by atoms with van der Waals surface area (Å²) in [5.74, 6) is 0.394. The van der Waals surface area contributed by atoms with Gasteiger partial charge in [0.1, 0.15) is 23.6 Å². The lowest BCUT2D eigenvalue weighted by Gasteiger charge is -2.22. The number of carbonyl (C=O) groups is 1. The Kier molecular flexibility index (Phi) is 6.47. The zero-order valence-electron chi connectivity index (χ0n) is 13.1. The number of rotatable bonds is 5. The van der Waals surface area contributed by atoms with Gasteiger partial charge in [-0.25, -0.2) is 4.79 Å². The summed E-state index contributed by atoms with van der Waals surface area (Å²) in [6.45, 7) is 5.05. The van der Waals surface area contributed by atoms with Crippen LogP contribution < -0.4 is 10.1 Å². The summed E-state index contributed by atoms with van der Waals surface area (Å²) in [7, 11) is 1.46. The van der Waals surface area contributed by atoms with E-state index < -0.39 is 23.9 Å². The SMILES string of the molecule is COc1cc(C(O)C(O)CNC(=O)OC(C)(C)C)ccc1Cl. The van der Waals surface area contributed by atoms with Crippen LogP contribution in [0, 0.1) is 0 Å². The second-order valence-electron chi connectivity index (χ2n) is 5.79. The van der Waals surface area contributed by atoms with Crippen molar-refractivity contribution in [2.24, 2.45) is 0 Å². The van der Waals surface area contributed by atoms with Crippen molar-refractivity contribution >= 4 is 17.7 Å². The Labute approximate surface area is 135 Å². The lowest BCUT2D eigenvalue weighted by Crippen LogP contribution is -2.38. The maximum absolute atomic E-state index is 11.5. The molecule has 124 valence electrons. The van der Waals surface area contributed by atoms with E-state index in [1.54, 1.807) is 32.9 Å². The minimum Gasteiger partial charge on any atom is -0.495 e. The molecule has 2 atom stereocenters. The number of aliphatic hydroxyl groups is 2. The molecule has 1 amide bonds. The van der Waals surface area contributed by atoms with Crippen molar-refractivity contribution in [1.29, 1.82) is 0 Å². The van der Waals surface area contributed by atoms with E-state index in [1.165, 1.54) is 13.2 Å². The van der Waals surface area contributed by atoms with Crippen LogP contribution in [0.3, 0.4) is 0 Å². The van der Waals surface area contributed by atoms with Gasteiger partial charge in [-0.2, -0.15) is 0 Å². The summed E-state index contributed by atoms with van der Waals surface area (Å²) < 4.78 is 10.1. The number of alkyl carbamates (subject to hydrolysis) is 1. The number of aliphatic hydroxyl groups excluding tert-OH is 2. The average Bonchev–Trinajstić information content (AvgIpc) is 2.42. The van der Waals surface area contributed by atoms with Gasteiger partial charge >= 0.3 is 6.09 Å². The molecular formula is C15H22ClNO5. The largest absolute Gasteiger partial charge is 0.495 e. The highest BCUT2D eigenvalue weighted by Crippen LogP contribution is 2.28. The molecule has 0 fully saturated rings. The molecule has 0 saturated heterocycles. The van der Waals surface area contributed by atoms with E-state index in [1.807, 2.05) is 0 Å². The van der Waals surface area contributed by atoms with Crippen molar-refractivity contribution in [3.63, 3.8) is 0 Å². The Morgan fingerprint density at radius 2 is 2.00 bits per heavy atom. The molecule has 0 radical (unpaired) electrons. The molecule has 3 N–H and O–H groups in total. The third kappa shape index (κ3) is 5.71. The van der Waals surface area contributed by atoms with Gasteiger partial charge < -0.3 is 25.0 Å². The smallest absolute Gasteiger partial charge is 0.407 e. The Bertz CT molecular complexity index is 515. The first kappa shape index (κ1) is 18.5. The van der Waals surface area contributed by atoms with Crippen LogP contribution in [-0.2, 0) is 4.74 Å². The first-order valence-corrected chi connectivity index (χ1v) is 7.18. The minimum atomic E-state index is -1.20. The number of carbonyl (C=O) groups excluding carboxylic acids is 1. The minimum absolute atomic E-state index is 0.152. The Hall–Kier alpha value is -1.50. The first-order chi connectivity index (χ1) is 10.1. The van der Waals surface area contributed by atoms with Gasteiger partial charge in [0, 0.05) is 6.54 Å². The van der Waals surface area contributed by atoms with Gasteiger partial charge in [-0.3, -0.25) is 0 Å². The number of methoxy groups -OCH3 is 1. The number of ether oxygens (including phenoxy) is 2. The van der Waals surface area contributed by atoms with Crippen LogP contribution in [0.2, 0.25) is 5.02 Å². The molecule has 0 spiro atoms. The van der Waals surface area contributed by atoms with E-state index in [2.05, 4.69) is 5.32 Å². The summed E-state index contributed by atoms with van der Waals surface area (Å²) in [4.78, 5) is 11.5. The van der Waals surface area contributed by atoms with Gasteiger partial charge in [0.15, 0.2) is 0 Å². The fourth-order valence-electron chi connectivity index (χ4n) is 1.70. The second kappa shape index (κ2) is 7.67. The Balaban J connectivity index is 2.62. The molecule has 1 rings (SSSR count). The van der Waals surface area contributed by atoms with Crippen molar-refractivity contribution in [2.45, 2.75) is 38.6 Å². The normalized spacial score (nSPS) is 14.1. The van der Waals surface area contributed by atoms with E-state index in [-0.39, 0.29) is 6.54 Å². The first-order valence-electron chi connectivity index (χ1n) is 6.80. The maximum atomic E-state index is 11.5. The summed E-state index contributed by atoms with van der Waals surface area (Å²) in [6.07, 6.45) is -3.05. The molecule has 0 aromatic heterocycles. The number of hydrogen-bond acceptors (Lipinski definition) is 5. The fourth-order valence-corrected chi connectivity index (χ4v) is 1.89. The van der Waals surface area contributed by atoms with Crippen LogP contribution in [0.1, 0.15) is 32.4 Å². The summed E-state index contributed by atoms with van der Waals surface area (Å²) >= 11 is 5.90. The lowest BCUT2D eigenvalue weighted by molar-refractivity contribution is 0.0128. The monoisotopic (exact) mass is 331 g/mol. The molecule has 0 aliphatic heterocycles. The number of benzene rings is 1. The van der Waals surface area contributed by atoms with Gasteiger partial charge in [-0.1, -0.05) is 17.7 Å². The Morgan fingerprint density at radius 3 is 2.55 bits per heavy atom. The van der Waals surface area contributed by atoms with Gasteiger partial charge in [0.2, 0.25) is 0 Å². The van der Waals surface area contributed by atoms with Crippen molar-refractivity contribution in [3.8, 4) is 5.75 Å². The number of hydrogen-bond donors (Lipinski definition) is 3. The standard InChI is InChI=1S/C15H22ClNO5/c1-15(2,3)22-14(20)17-8-11(18)13(19)9-5-6-10(16)12(7-9)21-4/h5-7,11,13,18-19H,8H2,1-4H3,(H,17,20). The zero-order chi connectivity index (χ0) is 16.9. The number of nitrogens with one attached hydrogen (secondary N) is 1. The van der Waals surface area contributed by atoms with Gasteiger partial charge in [-0.15, -0.1) is 0 Å². The number of halogens is 1. The predicted octanol–water partition coefficient (Wildman–Crippen LogP) is 2.27. The number of amides is 1. The molecule has 0 bridgehead atoms. The highest BCUT2D eigenvalue weighted by molar-refractivity contribution is 6.32. The molecule has 22 heavy (non-hydrogen) atoms. The quantitative estimate of drug-likeness (QED) is 0.770. The molecule has 1 aromatic rings. The molecule has 7 heteroatoms. The van der Waals surface area contributed by atoms with Gasteiger partial charge in [0.05, 0.1) is 12.1 Å². The highest BCUT2D eigenvalue weighted by Gasteiger charge is 2.22. The average molecular weight is 332 g/mol. The summed E-state index contributed by atoms with van der Waals surface area (Å²) in [6, 6.07) is 4.67. The molecule has 2 unspecified atom stereocenters. The van der Waals surface area contributed by atoms with Crippen molar-refractivity contribution in [3.05, 3.63) is 28.8 Å². The maximum Gasteiger partial charge on any atom is 0.407 e. The molecule has 0 saturated carbocycles. The molecule has 0 aliphatic carbocycles. The van der Waals surface area contributed by atoms with E-state index in [4.69, 9.17) is 21.1 Å². The van der Waals surface area contributed by atoms with Crippen molar-refractivity contribution < 1.29 is 24.5 Å². The zero-order valence-corrected chi connectivity index (χ0v) is 13.8. The fraction of sp³-hybridized carbons (Fsp3) is 0.533. The third-order valence-electron chi connectivity index (χ3n) is 2.74. The second-order valence-corrected chi connectivity index (χ2v) is 6.20. The van der Waals surface area contributed by atoms with Gasteiger partial charge in [-0.05, 0) is 38.5 Å². The van der Waals surface area contributed by atoms with Crippen LogP contribution in [-0.4, -0.2) is 41.7 Å². The lowest BCUT2D eigenvalue weighted by atomic mass is 10.0. The van der Waals surface area contributed by atoms with Crippen molar-refractivity contribution in [2.75, 3.05) is 13.7 Å². The molecule has 0 aliphatic rings. The van der Waals surface area contributed by atoms with E-state index in [0.29, 0.717) is 16.3 Å². The van der Waals surface area contributed by atoms with Crippen molar-refractivity contribution in [1.82, 2.24) is 5.32 Å². The van der Waals surface area contributed by atoms with Crippen LogP contribution >= 0.6 is 11.6 Å². The molecular weight excluding hydrogens is 310 g/mol. The molecule has 6 nitrogen and oxygen atoms in total. The topological polar surface area (TPSA) is 88.0 Å². The summed E-state index contributed by atoms with van der Waals surface area (Å²) in [5.41, 5.74) is -0.197. The predicted molar refractivity (Wildman–Crippen MR) is 83.2 cm³/mol. The van der Waals surface area contributed by atoms with E-state index in [0.717, 1.165) is 0 Å². The molecule has 1 aromatic carbocycles. The Morgan fingerprint density at radius 1 is 1.36 bits per heavy atom. The van der Waals surface area contributed by atoms with Crippen LogP contribution in [0.5, 0.6) is 5.75 Å². The van der Waals surface area contributed by atoms with Crippen LogP contribution in [0.25, 0.3) is 0 Å². The summed E-state index contributed by atoms with van der Waals surface area (Å²) in [5, 5.41) is 22.9. The van der Waals surface area contributed by atoms with E-state index in [9.17, 15) is 15.0 Å². The van der Waals surface area contributed by atoms with Crippen LogP contribution in [0.15, 0.2) is 18.2 Å². The highest BCUT2D eigenvalue weighted by atomic mass is 35.5. The van der Waals surface area contributed by atoms with Gasteiger partial charge in [0.25, 0.3) is 0 Å². The molecule has 0 heterocycles.